The number of benzene rings is 1. The highest BCUT2D eigenvalue weighted by molar-refractivity contribution is 8.16. The lowest BCUT2D eigenvalue weighted by atomic mass is 10.1. The number of carbonyl (C=O) groups is 2. The third-order valence-corrected chi connectivity index (χ3v) is 3.16. The van der Waals surface area contributed by atoms with Gasteiger partial charge in [0.25, 0.3) is 5.12 Å². The zero-order valence-corrected chi connectivity index (χ0v) is 7.85. The van der Waals surface area contributed by atoms with Gasteiger partial charge < -0.3 is 4.98 Å². The lowest BCUT2D eigenvalue weighted by molar-refractivity contribution is -0.107. The second kappa shape index (κ2) is 2.48. The minimum Gasteiger partial charge on any atom is -0.349 e. The number of H-pyrrole nitrogens is 1. The van der Waals surface area contributed by atoms with Crippen molar-refractivity contribution in [3.05, 3.63) is 29.8 Å². The molecule has 1 aromatic carbocycles. The Morgan fingerprint density at radius 2 is 1.93 bits per heavy atom. The predicted molar refractivity (Wildman–Crippen MR) is 53.5 cm³/mol. The Kier molecular flexibility index (Phi) is 1.39. The molecule has 2 aromatic rings. The average Bonchev–Trinajstić information content (AvgIpc) is 2.65. The van der Waals surface area contributed by atoms with Gasteiger partial charge in [0, 0.05) is 10.9 Å². The van der Waals surface area contributed by atoms with Gasteiger partial charge in [0.05, 0.1) is 10.6 Å². The first-order chi connectivity index (χ1) is 6.77. The van der Waals surface area contributed by atoms with Gasteiger partial charge in [-0.3, -0.25) is 9.59 Å². The quantitative estimate of drug-likeness (QED) is 0.666. The Balaban J connectivity index is 2.43. The Morgan fingerprint density at radius 3 is 2.79 bits per heavy atom. The van der Waals surface area contributed by atoms with Crippen LogP contribution in [0.5, 0.6) is 0 Å². The molecule has 1 aromatic heterocycles. The van der Waals surface area contributed by atoms with Crippen LogP contribution in [0.1, 0.15) is 10.4 Å². The van der Waals surface area contributed by atoms with Crippen LogP contribution in [0.15, 0.2) is 29.3 Å². The van der Waals surface area contributed by atoms with Gasteiger partial charge in [-0.2, -0.15) is 0 Å². The van der Waals surface area contributed by atoms with E-state index in [4.69, 9.17) is 0 Å². The Bertz CT molecular complexity index is 571. The summed E-state index contributed by atoms with van der Waals surface area (Å²) >= 11 is 0.981. The van der Waals surface area contributed by atoms with E-state index in [0.29, 0.717) is 10.6 Å². The average molecular weight is 203 g/mol. The minimum absolute atomic E-state index is 0.387. The van der Waals surface area contributed by atoms with Crippen LogP contribution in [-0.2, 0) is 4.79 Å². The smallest absolute Gasteiger partial charge is 0.266 e. The van der Waals surface area contributed by atoms with Crippen molar-refractivity contribution in [2.75, 3.05) is 0 Å². The van der Waals surface area contributed by atoms with Crippen LogP contribution in [0.25, 0.3) is 10.9 Å². The van der Waals surface area contributed by atoms with Gasteiger partial charge >= 0.3 is 0 Å². The lowest BCUT2D eigenvalue weighted by Gasteiger charge is -1.89. The summed E-state index contributed by atoms with van der Waals surface area (Å²) in [6.07, 6.45) is 0. The number of Topliss-reactive ketones (excluding diaryl/α,β-unsaturated/α-hetero) is 1. The molecule has 0 saturated carbocycles. The molecule has 3 nitrogen and oxygen atoms in total. The maximum Gasteiger partial charge on any atom is 0.266 e. The monoisotopic (exact) mass is 203 g/mol. The first kappa shape index (κ1) is 7.82. The molecular weight excluding hydrogens is 198 g/mol. The molecule has 0 saturated heterocycles. The first-order valence-electron chi connectivity index (χ1n) is 4.14. The number of thioether (sulfide) groups is 1. The van der Waals surface area contributed by atoms with E-state index in [1.54, 1.807) is 0 Å². The van der Waals surface area contributed by atoms with Crippen LogP contribution in [0.3, 0.4) is 0 Å². The highest BCUT2D eigenvalue weighted by atomic mass is 32.2. The van der Waals surface area contributed by atoms with Crippen molar-refractivity contribution in [3.8, 4) is 0 Å². The molecule has 1 N–H and O–H groups in total. The Labute approximate surface area is 83.5 Å². The van der Waals surface area contributed by atoms with Gasteiger partial charge in [0.1, 0.15) is 0 Å². The van der Waals surface area contributed by atoms with Gasteiger partial charge in [-0.15, -0.1) is 0 Å². The third-order valence-electron chi connectivity index (χ3n) is 2.28. The largest absolute Gasteiger partial charge is 0.349 e. The van der Waals surface area contributed by atoms with E-state index in [2.05, 4.69) is 4.98 Å². The number of ketones is 1. The predicted octanol–water partition coefficient (Wildman–Crippen LogP) is 1.98. The molecule has 0 spiro atoms. The summed E-state index contributed by atoms with van der Waals surface area (Å²) < 4.78 is 0. The van der Waals surface area contributed by atoms with E-state index in [1.165, 1.54) is 0 Å². The number of nitrogens with one attached hydrogen (secondary N) is 1. The summed E-state index contributed by atoms with van der Waals surface area (Å²) in [6.45, 7) is 0. The number of para-hydroxylation sites is 1. The molecule has 0 unspecified atom stereocenters. The molecule has 0 fully saturated rings. The number of hydrogen-bond donors (Lipinski definition) is 1. The zero-order valence-electron chi connectivity index (χ0n) is 7.03. The Hall–Kier alpha value is -1.55. The Morgan fingerprint density at radius 1 is 1.14 bits per heavy atom. The molecular formula is C10H5NO2S. The number of aromatic nitrogens is 1. The summed E-state index contributed by atoms with van der Waals surface area (Å²) in [7, 11) is 0. The van der Waals surface area contributed by atoms with Crippen LogP contribution in [0.2, 0.25) is 0 Å². The molecule has 1 aliphatic heterocycles. The van der Waals surface area contributed by atoms with Crippen molar-refractivity contribution >= 4 is 33.6 Å². The van der Waals surface area contributed by atoms with Crippen LogP contribution < -0.4 is 0 Å². The zero-order chi connectivity index (χ0) is 9.71. The number of rotatable bonds is 0. The number of aromatic amines is 1. The normalized spacial score (nSPS) is 15.1. The summed E-state index contributed by atoms with van der Waals surface area (Å²) in [6, 6.07) is 7.50. The molecule has 0 aliphatic carbocycles. The van der Waals surface area contributed by atoms with Crippen LogP contribution >= 0.6 is 11.8 Å². The highest BCUT2D eigenvalue weighted by Gasteiger charge is 2.33. The molecule has 0 radical (unpaired) electrons. The fourth-order valence-corrected chi connectivity index (χ4v) is 2.51. The number of hydrogen-bond acceptors (Lipinski definition) is 3. The fraction of sp³-hybridized carbons (Fsp3) is 0. The highest BCUT2D eigenvalue weighted by Crippen LogP contribution is 2.36. The van der Waals surface area contributed by atoms with Gasteiger partial charge in [-0.1, -0.05) is 18.2 Å². The van der Waals surface area contributed by atoms with Gasteiger partial charge in [-0.25, -0.2) is 0 Å². The SMILES string of the molecule is O=C1Sc2[nH]c3ccccc3c2C1=O. The maximum atomic E-state index is 11.5. The van der Waals surface area contributed by atoms with Crippen LogP contribution in [-0.4, -0.2) is 15.9 Å². The lowest BCUT2D eigenvalue weighted by Crippen LogP contribution is -2.02. The van der Waals surface area contributed by atoms with Crippen molar-refractivity contribution in [1.82, 2.24) is 4.98 Å². The molecule has 3 rings (SSSR count). The standard InChI is InChI=1S/C10H5NO2S/c12-8-7-5-3-1-2-4-6(5)11-9(7)14-10(8)13/h1-4,11H. The van der Waals surface area contributed by atoms with Crippen molar-refractivity contribution in [3.63, 3.8) is 0 Å². The third kappa shape index (κ3) is 0.834. The topological polar surface area (TPSA) is 49.9 Å². The van der Waals surface area contributed by atoms with Crippen molar-refractivity contribution < 1.29 is 9.59 Å². The van der Waals surface area contributed by atoms with Gasteiger partial charge in [-0.05, 0) is 17.8 Å². The minimum atomic E-state index is -0.392. The summed E-state index contributed by atoms with van der Waals surface area (Å²) in [5.74, 6) is -0.387. The fourth-order valence-electron chi connectivity index (χ4n) is 1.66. The summed E-state index contributed by atoms with van der Waals surface area (Å²) in [5.41, 5.74) is 1.45. The first-order valence-corrected chi connectivity index (χ1v) is 4.96. The van der Waals surface area contributed by atoms with Gasteiger partial charge in [0.15, 0.2) is 0 Å². The van der Waals surface area contributed by atoms with Gasteiger partial charge in [0.2, 0.25) is 5.78 Å². The molecule has 4 heteroatoms. The second-order valence-electron chi connectivity index (χ2n) is 3.09. The molecule has 0 bridgehead atoms. The van der Waals surface area contributed by atoms with E-state index in [-0.39, 0.29) is 5.78 Å². The second-order valence-corrected chi connectivity index (χ2v) is 4.08. The summed E-state index contributed by atoms with van der Waals surface area (Å²) in [5, 5.41) is 1.13. The van der Waals surface area contributed by atoms with E-state index in [1.807, 2.05) is 24.3 Å². The van der Waals surface area contributed by atoms with Crippen LogP contribution in [0.4, 0.5) is 0 Å². The molecule has 2 heterocycles. The summed E-state index contributed by atoms with van der Waals surface area (Å²) in [4.78, 5) is 25.7. The van der Waals surface area contributed by atoms with Crippen molar-refractivity contribution in [2.45, 2.75) is 5.03 Å². The maximum absolute atomic E-state index is 11.5. The van der Waals surface area contributed by atoms with E-state index in [9.17, 15) is 9.59 Å². The molecule has 0 atom stereocenters. The van der Waals surface area contributed by atoms with Crippen molar-refractivity contribution in [1.29, 1.82) is 0 Å². The van der Waals surface area contributed by atoms with Crippen LogP contribution in [0, 0.1) is 0 Å². The molecule has 0 amide bonds. The number of fused-ring (bicyclic) bond motifs is 3. The molecule has 1 aliphatic rings. The van der Waals surface area contributed by atoms with E-state index >= 15 is 0 Å². The van der Waals surface area contributed by atoms with E-state index < -0.39 is 5.12 Å². The molecule has 14 heavy (non-hydrogen) atoms. The molecule has 68 valence electrons. The van der Waals surface area contributed by atoms with Crippen molar-refractivity contribution in [2.24, 2.45) is 0 Å². The number of carbonyl (C=O) groups excluding carboxylic acids is 2. The van der Waals surface area contributed by atoms with E-state index in [0.717, 1.165) is 22.7 Å².